The Balaban J connectivity index is 1.99. The van der Waals surface area contributed by atoms with E-state index in [1.807, 2.05) is 19.2 Å². The maximum Gasteiger partial charge on any atom is 0.251 e. The molecule has 0 aliphatic carbocycles. The zero-order chi connectivity index (χ0) is 12.3. The van der Waals surface area contributed by atoms with Gasteiger partial charge >= 0.3 is 0 Å². The lowest BCUT2D eigenvalue weighted by Crippen LogP contribution is -2.35. The molecule has 1 atom stereocenters. The molecule has 0 N–H and O–H groups in total. The molecule has 1 aromatic carbocycles. The first-order chi connectivity index (χ1) is 8.18. The highest BCUT2D eigenvalue weighted by Crippen LogP contribution is 2.16. The highest BCUT2D eigenvalue weighted by molar-refractivity contribution is 5.80. The van der Waals surface area contributed by atoms with Gasteiger partial charge in [-0.3, -0.25) is 4.79 Å². The first kappa shape index (κ1) is 12.1. The lowest BCUT2D eigenvalue weighted by molar-refractivity contribution is -0.140. The van der Waals surface area contributed by atoms with Gasteiger partial charge in [-0.1, -0.05) is 24.3 Å². The van der Waals surface area contributed by atoms with Gasteiger partial charge in [-0.15, -0.1) is 0 Å². The maximum absolute atomic E-state index is 12.1. The second-order valence-electron chi connectivity index (χ2n) is 4.62. The van der Waals surface area contributed by atoms with E-state index in [-0.39, 0.29) is 12.0 Å². The number of nitrogens with zero attached hydrogens (tertiary/aromatic N) is 1. The summed E-state index contributed by atoms with van der Waals surface area (Å²) in [6.45, 7) is 3.44. The molecule has 1 heterocycles. The predicted octanol–water partition coefficient (Wildman–Crippen LogP) is 2.13. The van der Waals surface area contributed by atoms with Crippen LogP contribution in [0.4, 0.5) is 0 Å². The van der Waals surface area contributed by atoms with Gasteiger partial charge in [0.1, 0.15) is 6.10 Å². The molecule has 0 radical (unpaired) electrons. The molecule has 1 aliphatic rings. The van der Waals surface area contributed by atoms with Crippen molar-refractivity contribution in [1.82, 2.24) is 4.90 Å². The Hall–Kier alpha value is -1.35. The van der Waals surface area contributed by atoms with Crippen molar-refractivity contribution in [3.63, 3.8) is 0 Å². The van der Waals surface area contributed by atoms with Crippen molar-refractivity contribution < 1.29 is 9.53 Å². The van der Waals surface area contributed by atoms with E-state index in [9.17, 15) is 4.79 Å². The highest BCUT2D eigenvalue weighted by atomic mass is 16.5. The van der Waals surface area contributed by atoms with Gasteiger partial charge in [-0.2, -0.15) is 0 Å². The minimum absolute atomic E-state index is 0.103. The number of benzene rings is 1. The van der Waals surface area contributed by atoms with E-state index in [0.717, 1.165) is 12.8 Å². The van der Waals surface area contributed by atoms with Gasteiger partial charge in [-0.05, 0) is 30.9 Å². The molecule has 0 unspecified atom stereocenters. The number of ether oxygens (including phenoxy) is 1. The summed E-state index contributed by atoms with van der Waals surface area (Å²) in [7, 11) is 1.84. The largest absolute Gasteiger partial charge is 0.368 e. The third kappa shape index (κ3) is 2.86. The Kier molecular flexibility index (Phi) is 3.79. The fourth-order valence-electron chi connectivity index (χ4n) is 2.14. The highest BCUT2D eigenvalue weighted by Gasteiger charge is 2.26. The molecule has 0 spiro atoms. The van der Waals surface area contributed by atoms with Crippen molar-refractivity contribution in [1.29, 1.82) is 0 Å². The van der Waals surface area contributed by atoms with Crippen molar-refractivity contribution in [3.05, 3.63) is 35.4 Å². The van der Waals surface area contributed by atoms with Crippen LogP contribution in [0.3, 0.4) is 0 Å². The number of rotatable bonds is 3. The zero-order valence-electron chi connectivity index (χ0n) is 10.5. The van der Waals surface area contributed by atoms with E-state index in [4.69, 9.17) is 4.74 Å². The summed E-state index contributed by atoms with van der Waals surface area (Å²) in [5, 5.41) is 0. The molecule has 1 amide bonds. The Morgan fingerprint density at radius 3 is 2.88 bits per heavy atom. The second kappa shape index (κ2) is 5.32. The van der Waals surface area contributed by atoms with Crippen LogP contribution in [0, 0.1) is 6.92 Å². The first-order valence-electron chi connectivity index (χ1n) is 6.09. The SMILES string of the molecule is Cc1ccccc1CN(C)C(=O)[C@H]1CCCO1. The summed E-state index contributed by atoms with van der Waals surface area (Å²) >= 11 is 0. The molecule has 0 aromatic heterocycles. The quantitative estimate of drug-likeness (QED) is 0.800. The molecular formula is C14H19NO2. The third-order valence-electron chi connectivity index (χ3n) is 3.25. The molecule has 92 valence electrons. The minimum Gasteiger partial charge on any atom is -0.368 e. The summed E-state index contributed by atoms with van der Waals surface area (Å²) in [5.41, 5.74) is 2.42. The summed E-state index contributed by atoms with van der Waals surface area (Å²) in [6.07, 6.45) is 1.63. The van der Waals surface area contributed by atoms with Crippen molar-refractivity contribution >= 4 is 5.91 Å². The third-order valence-corrected chi connectivity index (χ3v) is 3.25. The summed E-state index contributed by atoms with van der Waals surface area (Å²) in [5.74, 6) is 0.103. The number of aryl methyl sites for hydroxylation is 1. The molecule has 1 aromatic rings. The van der Waals surface area contributed by atoms with E-state index in [2.05, 4.69) is 19.1 Å². The number of hydrogen-bond donors (Lipinski definition) is 0. The van der Waals surface area contributed by atoms with Gasteiger partial charge in [0.05, 0.1) is 0 Å². The van der Waals surface area contributed by atoms with Gasteiger partial charge in [0.25, 0.3) is 5.91 Å². The maximum atomic E-state index is 12.1. The number of carbonyl (C=O) groups is 1. The molecule has 3 nitrogen and oxygen atoms in total. The average molecular weight is 233 g/mol. The Labute approximate surface area is 102 Å². The average Bonchev–Trinajstić information content (AvgIpc) is 2.84. The number of likely N-dealkylation sites (N-methyl/N-ethyl adjacent to an activating group) is 1. The van der Waals surface area contributed by atoms with Crippen LogP contribution in [-0.4, -0.2) is 30.6 Å². The van der Waals surface area contributed by atoms with E-state index in [0.29, 0.717) is 13.2 Å². The second-order valence-corrected chi connectivity index (χ2v) is 4.62. The minimum atomic E-state index is -0.219. The lowest BCUT2D eigenvalue weighted by Gasteiger charge is -2.21. The van der Waals surface area contributed by atoms with Crippen LogP contribution >= 0.6 is 0 Å². The standard InChI is InChI=1S/C14H19NO2/c1-11-6-3-4-7-12(11)10-15(2)14(16)13-8-5-9-17-13/h3-4,6-7,13H,5,8-10H2,1-2H3/t13-/m1/s1. The Morgan fingerprint density at radius 2 is 2.24 bits per heavy atom. The molecule has 1 saturated heterocycles. The molecule has 17 heavy (non-hydrogen) atoms. The Morgan fingerprint density at radius 1 is 1.47 bits per heavy atom. The van der Waals surface area contributed by atoms with Crippen LogP contribution in [0.2, 0.25) is 0 Å². The molecular weight excluding hydrogens is 214 g/mol. The van der Waals surface area contributed by atoms with E-state index < -0.39 is 0 Å². The number of hydrogen-bond acceptors (Lipinski definition) is 2. The monoisotopic (exact) mass is 233 g/mol. The van der Waals surface area contributed by atoms with Gasteiger partial charge in [0.15, 0.2) is 0 Å². The van der Waals surface area contributed by atoms with Gasteiger partial charge in [0, 0.05) is 20.2 Å². The normalized spacial score (nSPS) is 19.3. The van der Waals surface area contributed by atoms with Crippen LogP contribution < -0.4 is 0 Å². The Bertz CT molecular complexity index is 397. The number of carbonyl (C=O) groups excluding carboxylic acids is 1. The zero-order valence-corrected chi connectivity index (χ0v) is 10.5. The molecule has 0 bridgehead atoms. The van der Waals surface area contributed by atoms with E-state index >= 15 is 0 Å². The molecule has 0 saturated carbocycles. The van der Waals surface area contributed by atoms with Crippen molar-refractivity contribution in [3.8, 4) is 0 Å². The van der Waals surface area contributed by atoms with Crippen LogP contribution in [0.5, 0.6) is 0 Å². The predicted molar refractivity (Wildman–Crippen MR) is 66.6 cm³/mol. The molecule has 1 aliphatic heterocycles. The van der Waals surface area contributed by atoms with Gasteiger partial charge in [0.2, 0.25) is 0 Å². The van der Waals surface area contributed by atoms with E-state index in [1.54, 1.807) is 4.90 Å². The number of amides is 1. The summed E-state index contributed by atoms with van der Waals surface area (Å²) < 4.78 is 5.41. The topological polar surface area (TPSA) is 29.5 Å². The van der Waals surface area contributed by atoms with Crippen molar-refractivity contribution in [2.45, 2.75) is 32.4 Å². The van der Waals surface area contributed by atoms with Crippen LogP contribution in [0.1, 0.15) is 24.0 Å². The van der Waals surface area contributed by atoms with Crippen molar-refractivity contribution in [2.24, 2.45) is 0 Å². The summed E-state index contributed by atoms with van der Waals surface area (Å²) in [6, 6.07) is 8.15. The molecule has 1 fully saturated rings. The van der Waals surface area contributed by atoms with Crippen LogP contribution in [-0.2, 0) is 16.1 Å². The fraction of sp³-hybridized carbons (Fsp3) is 0.500. The lowest BCUT2D eigenvalue weighted by atomic mass is 10.1. The molecule has 3 heteroatoms. The molecule has 2 rings (SSSR count). The fourth-order valence-corrected chi connectivity index (χ4v) is 2.14. The van der Waals surface area contributed by atoms with Gasteiger partial charge < -0.3 is 9.64 Å². The van der Waals surface area contributed by atoms with E-state index in [1.165, 1.54) is 11.1 Å². The smallest absolute Gasteiger partial charge is 0.251 e. The summed E-state index contributed by atoms with van der Waals surface area (Å²) in [4.78, 5) is 13.8. The first-order valence-corrected chi connectivity index (χ1v) is 6.09. The van der Waals surface area contributed by atoms with Crippen LogP contribution in [0.25, 0.3) is 0 Å². The van der Waals surface area contributed by atoms with Crippen molar-refractivity contribution in [2.75, 3.05) is 13.7 Å². The van der Waals surface area contributed by atoms with Gasteiger partial charge in [-0.25, -0.2) is 0 Å². The van der Waals surface area contributed by atoms with Crippen LogP contribution in [0.15, 0.2) is 24.3 Å².